The zero-order chi connectivity index (χ0) is 11.5. The van der Waals surface area contributed by atoms with E-state index < -0.39 is 0 Å². The van der Waals surface area contributed by atoms with Crippen LogP contribution in [0.2, 0.25) is 0 Å². The largest absolute Gasteiger partial charge is 0.366 e. The minimum atomic E-state index is -0.240. The number of amides is 1. The standard InChI is InChI=1S/C12H21NO2/c1-10-6-5-7-13(8-10)11(14)9-15-12(2,3)4/h6H,5,7-9H2,1-4H3. The van der Waals surface area contributed by atoms with Crippen molar-refractivity contribution < 1.29 is 9.53 Å². The molecule has 1 rings (SSSR count). The number of ether oxygens (including phenoxy) is 1. The predicted molar refractivity (Wildman–Crippen MR) is 60.7 cm³/mol. The molecule has 0 bridgehead atoms. The molecule has 0 aromatic heterocycles. The first kappa shape index (κ1) is 12.2. The van der Waals surface area contributed by atoms with Crippen LogP contribution in [-0.4, -0.2) is 36.1 Å². The summed E-state index contributed by atoms with van der Waals surface area (Å²) >= 11 is 0. The number of hydrogen-bond acceptors (Lipinski definition) is 2. The van der Waals surface area contributed by atoms with Crippen LogP contribution in [-0.2, 0) is 9.53 Å². The Labute approximate surface area is 92.1 Å². The van der Waals surface area contributed by atoms with Crippen molar-refractivity contribution in [1.82, 2.24) is 4.90 Å². The summed E-state index contributed by atoms with van der Waals surface area (Å²) < 4.78 is 5.47. The summed E-state index contributed by atoms with van der Waals surface area (Å²) in [6.07, 6.45) is 3.15. The second kappa shape index (κ2) is 4.79. The lowest BCUT2D eigenvalue weighted by Crippen LogP contribution is -2.39. The number of nitrogens with zero attached hydrogens (tertiary/aromatic N) is 1. The molecular weight excluding hydrogens is 190 g/mol. The van der Waals surface area contributed by atoms with Gasteiger partial charge in [0.2, 0.25) is 5.91 Å². The Kier molecular flexibility index (Phi) is 3.91. The van der Waals surface area contributed by atoms with E-state index in [1.165, 1.54) is 5.57 Å². The molecule has 0 aliphatic carbocycles. The molecule has 1 heterocycles. The minimum absolute atomic E-state index is 0.0948. The van der Waals surface area contributed by atoms with E-state index in [0.29, 0.717) is 0 Å². The summed E-state index contributed by atoms with van der Waals surface area (Å²) in [6.45, 7) is 9.71. The highest BCUT2D eigenvalue weighted by molar-refractivity contribution is 5.78. The van der Waals surface area contributed by atoms with E-state index in [-0.39, 0.29) is 18.1 Å². The lowest BCUT2D eigenvalue weighted by Gasteiger charge is -2.28. The van der Waals surface area contributed by atoms with E-state index in [1.54, 1.807) is 0 Å². The van der Waals surface area contributed by atoms with Crippen molar-refractivity contribution in [2.45, 2.75) is 39.7 Å². The van der Waals surface area contributed by atoms with E-state index in [4.69, 9.17) is 4.74 Å². The van der Waals surface area contributed by atoms with Gasteiger partial charge < -0.3 is 9.64 Å². The van der Waals surface area contributed by atoms with Gasteiger partial charge in [0.15, 0.2) is 0 Å². The van der Waals surface area contributed by atoms with Gasteiger partial charge in [0.25, 0.3) is 0 Å². The van der Waals surface area contributed by atoms with Gasteiger partial charge in [0, 0.05) is 13.1 Å². The van der Waals surface area contributed by atoms with Gasteiger partial charge in [0.05, 0.1) is 5.60 Å². The van der Waals surface area contributed by atoms with Crippen molar-refractivity contribution in [3.63, 3.8) is 0 Å². The molecule has 0 N–H and O–H groups in total. The van der Waals surface area contributed by atoms with Crippen LogP contribution in [0.3, 0.4) is 0 Å². The third kappa shape index (κ3) is 4.47. The van der Waals surface area contributed by atoms with Gasteiger partial charge in [-0.3, -0.25) is 4.79 Å². The minimum Gasteiger partial charge on any atom is -0.366 e. The normalized spacial score (nSPS) is 17.6. The topological polar surface area (TPSA) is 29.5 Å². The van der Waals surface area contributed by atoms with E-state index in [1.807, 2.05) is 25.7 Å². The molecule has 0 aromatic rings. The molecule has 0 fully saturated rings. The second-order valence-corrected chi connectivity index (χ2v) is 5.06. The van der Waals surface area contributed by atoms with Crippen molar-refractivity contribution in [3.8, 4) is 0 Å². The quantitative estimate of drug-likeness (QED) is 0.654. The summed E-state index contributed by atoms with van der Waals surface area (Å²) in [7, 11) is 0. The maximum absolute atomic E-state index is 11.8. The van der Waals surface area contributed by atoms with Crippen LogP contribution in [0.15, 0.2) is 11.6 Å². The van der Waals surface area contributed by atoms with Crippen molar-refractivity contribution in [3.05, 3.63) is 11.6 Å². The van der Waals surface area contributed by atoms with Gasteiger partial charge in [-0.15, -0.1) is 0 Å². The van der Waals surface area contributed by atoms with E-state index >= 15 is 0 Å². The Balaban J connectivity index is 2.38. The van der Waals surface area contributed by atoms with E-state index in [0.717, 1.165) is 19.5 Å². The monoisotopic (exact) mass is 211 g/mol. The Bertz CT molecular complexity index is 263. The highest BCUT2D eigenvalue weighted by Gasteiger charge is 2.19. The van der Waals surface area contributed by atoms with Crippen LogP contribution in [0, 0.1) is 0 Å². The van der Waals surface area contributed by atoms with Gasteiger partial charge in [0.1, 0.15) is 6.61 Å². The fraction of sp³-hybridized carbons (Fsp3) is 0.750. The molecule has 86 valence electrons. The Morgan fingerprint density at radius 2 is 2.20 bits per heavy atom. The molecule has 15 heavy (non-hydrogen) atoms. The van der Waals surface area contributed by atoms with Gasteiger partial charge in [-0.05, 0) is 34.1 Å². The molecule has 0 radical (unpaired) electrons. The molecule has 0 atom stereocenters. The molecule has 0 saturated carbocycles. The Morgan fingerprint density at radius 1 is 1.53 bits per heavy atom. The van der Waals surface area contributed by atoms with Crippen LogP contribution in [0.25, 0.3) is 0 Å². The third-order valence-corrected chi connectivity index (χ3v) is 2.31. The Hall–Kier alpha value is -0.830. The van der Waals surface area contributed by atoms with Gasteiger partial charge >= 0.3 is 0 Å². The fourth-order valence-electron chi connectivity index (χ4n) is 1.49. The van der Waals surface area contributed by atoms with Gasteiger partial charge in [-0.2, -0.15) is 0 Å². The van der Waals surface area contributed by atoms with Gasteiger partial charge in [-0.25, -0.2) is 0 Å². The third-order valence-electron chi connectivity index (χ3n) is 2.31. The summed E-state index contributed by atoms with van der Waals surface area (Å²) in [5.74, 6) is 0.0948. The summed E-state index contributed by atoms with van der Waals surface area (Å²) in [5.41, 5.74) is 1.03. The van der Waals surface area contributed by atoms with Crippen LogP contribution < -0.4 is 0 Å². The number of carbonyl (C=O) groups is 1. The molecule has 3 nitrogen and oxygen atoms in total. The van der Waals surface area contributed by atoms with Crippen molar-refractivity contribution in [1.29, 1.82) is 0 Å². The highest BCUT2D eigenvalue weighted by Crippen LogP contribution is 2.11. The van der Waals surface area contributed by atoms with Crippen LogP contribution >= 0.6 is 0 Å². The van der Waals surface area contributed by atoms with Gasteiger partial charge in [-0.1, -0.05) is 11.6 Å². The van der Waals surface area contributed by atoms with E-state index in [2.05, 4.69) is 13.0 Å². The first-order chi connectivity index (χ1) is 6.88. The molecule has 3 heteroatoms. The average molecular weight is 211 g/mol. The summed E-state index contributed by atoms with van der Waals surface area (Å²) in [6, 6.07) is 0. The zero-order valence-corrected chi connectivity index (χ0v) is 10.2. The average Bonchev–Trinajstić information content (AvgIpc) is 2.13. The smallest absolute Gasteiger partial charge is 0.248 e. The molecule has 0 unspecified atom stereocenters. The fourth-order valence-corrected chi connectivity index (χ4v) is 1.49. The molecule has 0 saturated heterocycles. The van der Waals surface area contributed by atoms with Crippen molar-refractivity contribution >= 4 is 5.91 Å². The molecule has 0 aromatic carbocycles. The molecule has 0 spiro atoms. The number of hydrogen-bond donors (Lipinski definition) is 0. The maximum Gasteiger partial charge on any atom is 0.248 e. The number of carbonyl (C=O) groups excluding carboxylic acids is 1. The highest BCUT2D eigenvalue weighted by atomic mass is 16.5. The first-order valence-corrected chi connectivity index (χ1v) is 5.46. The zero-order valence-electron chi connectivity index (χ0n) is 10.2. The lowest BCUT2D eigenvalue weighted by molar-refractivity contribution is -0.140. The van der Waals surface area contributed by atoms with E-state index in [9.17, 15) is 4.79 Å². The van der Waals surface area contributed by atoms with Crippen molar-refractivity contribution in [2.75, 3.05) is 19.7 Å². The summed E-state index contributed by atoms with van der Waals surface area (Å²) in [4.78, 5) is 13.6. The SMILES string of the molecule is CC1=CCCN(C(=O)COC(C)(C)C)C1. The van der Waals surface area contributed by atoms with Crippen LogP contribution in [0.4, 0.5) is 0 Å². The van der Waals surface area contributed by atoms with Crippen molar-refractivity contribution in [2.24, 2.45) is 0 Å². The second-order valence-electron chi connectivity index (χ2n) is 5.06. The lowest BCUT2D eigenvalue weighted by atomic mass is 10.1. The molecular formula is C12H21NO2. The van der Waals surface area contributed by atoms with Crippen LogP contribution in [0.1, 0.15) is 34.1 Å². The first-order valence-electron chi connectivity index (χ1n) is 5.46. The molecule has 1 aliphatic rings. The maximum atomic E-state index is 11.8. The number of rotatable bonds is 2. The Morgan fingerprint density at radius 3 is 2.73 bits per heavy atom. The molecule has 1 aliphatic heterocycles. The van der Waals surface area contributed by atoms with Crippen LogP contribution in [0.5, 0.6) is 0 Å². The summed E-state index contributed by atoms with van der Waals surface area (Å²) in [5, 5.41) is 0. The predicted octanol–water partition coefficient (Wildman–Crippen LogP) is 1.98. The molecule has 1 amide bonds.